The van der Waals surface area contributed by atoms with Gasteiger partial charge < -0.3 is 0 Å². The van der Waals surface area contributed by atoms with Crippen molar-refractivity contribution < 1.29 is 0 Å². The van der Waals surface area contributed by atoms with Gasteiger partial charge in [0, 0.05) is 16.6 Å². The fraction of sp³-hybridized carbons (Fsp3) is 0.417. The van der Waals surface area contributed by atoms with E-state index in [0.29, 0.717) is 5.92 Å². The molecule has 1 heterocycles. The third kappa shape index (κ3) is 3.25. The number of nitrogens with zero attached hydrogens (tertiary/aromatic N) is 3. The Morgan fingerprint density at radius 3 is 2.24 bits per heavy atom. The van der Waals surface area contributed by atoms with Crippen LogP contribution in [0.15, 0.2) is 48.5 Å². The van der Waals surface area contributed by atoms with Crippen LogP contribution in [0.5, 0.6) is 0 Å². The molecule has 1 atom stereocenters. The van der Waals surface area contributed by atoms with Crippen LogP contribution in [0.4, 0.5) is 0 Å². The van der Waals surface area contributed by atoms with Gasteiger partial charge in [-0.1, -0.05) is 86.6 Å². The van der Waals surface area contributed by atoms with Crippen LogP contribution in [0.3, 0.4) is 0 Å². The third-order valence-corrected chi connectivity index (χ3v) is 6.85. The normalized spacial score (nSPS) is 16.1. The average Bonchev–Trinajstić information content (AvgIpc) is 3.16. The summed E-state index contributed by atoms with van der Waals surface area (Å²) in [5.41, 5.74) is 7.04. The molecule has 4 rings (SSSR count). The summed E-state index contributed by atoms with van der Waals surface area (Å²) in [6.07, 6.45) is 0.986. The molecule has 0 spiro atoms. The zero-order valence-corrected chi connectivity index (χ0v) is 18.4. The maximum atomic E-state index is 4.71. The maximum absolute atomic E-state index is 4.71. The minimum absolute atomic E-state index is 0.0609. The molecular weight excluding hydrogens is 352 g/mol. The Kier molecular flexibility index (Phi) is 4.96. The molecule has 0 saturated heterocycles. The SMILES string of the molecule is C[B]C(C)(C)C1Cc2ccccc2-c2nnn(C(C)(C)[B]C)c2-c2ccccc21. The summed E-state index contributed by atoms with van der Waals surface area (Å²) >= 11 is 0. The van der Waals surface area contributed by atoms with Gasteiger partial charge in [0.25, 0.3) is 0 Å². The van der Waals surface area contributed by atoms with Crippen LogP contribution in [0.1, 0.15) is 44.7 Å². The lowest BCUT2D eigenvalue weighted by Crippen LogP contribution is -2.34. The molecule has 2 aromatic carbocycles. The first-order valence-electron chi connectivity index (χ1n) is 10.5. The fourth-order valence-corrected chi connectivity index (χ4v) is 4.37. The van der Waals surface area contributed by atoms with Gasteiger partial charge in [-0.15, -0.1) is 5.10 Å². The van der Waals surface area contributed by atoms with Crippen LogP contribution in [0.2, 0.25) is 19.0 Å². The standard InChI is InChI=1S/C24H29B2N3/c1-23(2,25-5)20-15-16-11-7-8-12-17(16)21-22(19-14-10-9-13-18(19)20)29(28-27-21)24(3,4)26-6/h7-14,20H,15H2,1-6H3. The van der Waals surface area contributed by atoms with E-state index in [2.05, 4.69) is 114 Å². The molecule has 0 saturated carbocycles. The number of fused-ring (bicyclic) bond motifs is 5. The number of benzene rings is 2. The minimum atomic E-state index is -0.232. The van der Waals surface area contributed by atoms with Crippen molar-refractivity contribution in [2.75, 3.05) is 0 Å². The van der Waals surface area contributed by atoms with Gasteiger partial charge >= 0.3 is 0 Å². The Labute approximate surface area is 176 Å². The van der Waals surface area contributed by atoms with Crippen LogP contribution < -0.4 is 0 Å². The van der Waals surface area contributed by atoms with Crippen molar-refractivity contribution in [2.45, 2.75) is 64.4 Å². The first-order chi connectivity index (χ1) is 13.8. The van der Waals surface area contributed by atoms with E-state index in [9.17, 15) is 0 Å². The monoisotopic (exact) mass is 381 g/mol. The van der Waals surface area contributed by atoms with Crippen molar-refractivity contribution in [3.63, 3.8) is 0 Å². The molecule has 1 aromatic heterocycles. The van der Waals surface area contributed by atoms with Gasteiger partial charge in [0.15, 0.2) is 0 Å². The first-order valence-corrected chi connectivity index (χ1v) is 10.5. The lowest BCUT2D eigenvalue weighted by Gasteiger charge is -2.37. The van der Waals surface area contributed by atoms with Crippen LogP contribution in [-0.4, -0.2) is 29.6 Å². The second-order valence-corrected chi connectivity index (χ2v) is 9.25. The fourth-order valence-electron chi connectivity index (χ4n) is 4.37. The van der Waals surface area contributed by atoms with E-state index in [1.165, 1.54) is 22.3 Å². The van der Waals surface area contributed by atoms with E-state index >= 15 is 0 Å². The van der Waals surface area contributed by atoms with Crippen molar-refractivity contribution in [1.29, 1.82) is 0 Å². The lowest BCUT2D eigenvalue weighted by atomic mass is 9.48. The molecule has 3 aromatic rings. The summed E-state index contributed by atoms with van der Waals surface area (Å²) in [4.78, 5) is 0. The van der Waals surface area contributed by atoms with Gasteiger partial charge in [-0.05, 0) is 37.3 Å². The Morgan fingerprint density at radius 1 is 0.897 bits per heavy atom. The Bertz CT molecular complexity index is 1040. The minimum Gasteiger partial charge on any atom is -0.247 e. The molecule has 0 aliphatic heterocycles. The molecule has 3 nitrogen and oxygen atoms in total. The van der Waals surface area contributed by atoms with E-state index in [-0.39, 0.29) is 10.8 Å². The van der Waals surface area contributed by atoms with Crippen molar-refractivity contribution in [2.24, 2.45) is 0 Å². The lowest BCUT2D eigenvalue weighted by molar-refractivity contribution is 0.449. The van der Waals surface area contributed by atoms with Crippen molar-refractivity contribution >= 4 is 14.6 Å². The highest BCUT2D eigenvalue weighted by atomic mass is 15.5. The molecule has 0 fully saturated rings. The number of hydrogen-bond donors (Lipinski definition) is 0. The van der Waals surface area contributed by atoms with E-state index in [0.717, 1.165) is 17.8 Å². The summed E-state index contributed by atoms with van der Waals surface area (Å²) in [5.74, 6) is 0.370. The second kappa shape index (κ2) is 7.19. The van der Waals surface area contributed by atoms with Gasteiger partial charge in [-0.25, -0.2) is 4.68 Å². The van der Waals surface area contributed by atoms with Gasteiger partial charge in [0.1, 0.15) is 20.3 Å². The smallest absolute Gasteiger partial charge is 0.143 e. The largest absolute Gasteiger partial charge is 0.247 e. The molecule has 1 aliphatic rings. The van der Waals surface area contributed by atoms with E-state index in [4.69, 9.17) is 5.10 Å². The molecule has 29 heavy (non-hydrogen) atoms. The van der Waals surface area contributed by atoms with E-state index < -0.39 is 0 Å². The van der Waals surface area contributed by atoms with Gasteiger partial charge in [-0.2, -0.15) is 0 Å². The zero-order chi connectivity index (χ0) is 20.8. The molecule has 5 heteroatoms. The number of hydrogen-bond acceptors (Lipinski definition) is 2. The summed E-state index contributed by atoms with van der Waals surface area (Å²) in [6.45, 7) is 13.3. The van der Waals surface area contributed by atoms with Crippen molar-refractivity contribution in [1.82, 2.24) is 15.0 Å². The Balaban J connectivity index is 2.10. The average molecular weight is 381 g/mol. The van der Waals surface area contributed by atoms with Gasteiger partial charge in [0.05, 0.1) is 5.69 Å². The molecule has 146 valence electrons. The predicted octanol–water partition coefficient (Wildman–Crippen LogP) is 5.65. The summed E-state index contributed by atoms with van der Waals surface area (Å²) < 4.78 is 2.10. The topological polar surface area (TPSA) is 30.7 Å². The highest BCUT2D eigenvalue weighted by Crippen LogP contribution is 2.50. The predicted molar refractivity (Wildman–Crippen MR) is 124 cm³/mol. The second-order valence-electron chi connectivity index (χ2n) is 9.25. The highest BCUT2D eigenvalue weighted by molar-refractivity contribution is 6.38. The zero-order valence-electron chi connectivity index (χ0n) is 18.4. The third-order valence-electron chi connectivity index (χ3n) is 6.85. The van der Waals surface area contributed by atoms with E-state index in [1.807, 2.05) is 0 Å². The maximum Gasteiger partial charge on any atom is 0.143 e. The Hall–Kier alpha value is -2.29. The quantitative estimate of drug-likeness (QED) is 0.547. The van der Waals surface area contributed by atoms with Crippen LogP contribution in [-0.2, 0) is 11.9 Å². The van der Waals surface area contributed by atoms with Crippen molar-refractivity contribution in [3.05, 3.63) is 59.7 Å². The Morgan fingerprint density at radius 2 is 1.55 bits per heavy atom. The number of rotatable bonds is 4. The summed E-state index contributed by atoms with van der Waals surface area (Å²) in [6, 6.07) is 17.5. The molecule has 0 amide bonds. The molecule has 2 radical (unpaired) electrons. The van der Waals surface area contributed by atoms with Gasteiger partial charge in [-0.3, -0.25) is 0 Å². The molecular formula is C24H29B2N3. The first kappa shape index (κ1) is 20.0. The van der Waals surface area contributed by atoms with Gasteiger partial charge in [0.2, 0.25) is 0 Å². The molecule has 1 unspecified atom stereocenters. The van der Waals surface area contributed by atoms with Crippen LogP contribution >= 0.6 is 0 Å². The summed E-state index contributed by atoms with van der Waals surface area (Å²) in [5, 5.41) is 9.42. The number of aromatic nitrogens is 3. The van der Waals surface area contributed by atoms with Crippen molar-refractivity contribution in [3.8, 4) is 22.5 Å². The highest BCUT2D eigenvalue weighted by Gasteiger charge is 2.36. The van der Waals surface area contributed by atoms with Crippen LogP contribution in [0.25, 0.3) is 22.5 Å². The molecule has 0 bridgehead atoms. The summed E-state index contributed by atoms with van der Waals surface area (Å²) in [7, 11) is 4.54. The molecule has 1 aliphatic carbocycles. The molecule has 0 N–H and O–H groups in total. The van der Waals surface area contributed by atoms with Crippen LogP contribution in [0, 0.1) is 0 Å². The van der Waals surface area contributed by atoms with E-state index in [1.54, 1.807) is 0 Å².